The van der Waals surface area contributed by atoms with Crippen LogP contribution in [-0.2, 0) is 19.4 Å². The number of hydrogen-bond acceptors (Lipinski definition) is 5. The van der Waals surface area contributed by atoms with E-state index in [4.69, 9.17) is 4.52 Å². The maximum Gasteiger partial charge on any atom is 0.258 e. The fourth-order valence-electron chi connectivity index (χ4n) is 2.74. The van der Waals surface area contributed by atoms with Crippen molar-refractivity contribution in [1.29, 1.82) is 0 Å². The Bertz CT molecular complexity index is 749. The summed E-state index contributed by atoms with van der Waals surface area (Å²) in [6, 6.07) is 10.4. The molecule has 0 radical (unpaired) electrons. The Morgan fingerprint density at radius 3 is 3.14 bits per heavy atom. The molecule has 0 saturated carbocycles. The van der Waals surface area contributed by atoms with Crippen molar-refractivity contribution in [2.45, 2.75) is 19.4 Å². The maximum absolute atomic E-state index is 5.49. The molecule has 5 heteroatoms. The lowest BCUT2D eigenvalue weighted by Crippen LogP contribution is -2.24. The Kier molecular flexibility index (Phi) is 3.29. The van der Waals surface area contributed by atoms with Gasteiger partial charge in [0.05, 0.1) is 0 Å². The Balaban J connectivity index is 1.67. The van der Waals surface area contributed by atoms with Crippen molar-refractivity contribution in [3.8, 4) is 11.5 Å². The lowest BCUT2D eigenvalue weighted by Gasteiger charge is -2.18. The second kappa shape index (κ2) is 5.42. The van der Waals surface area contributed by atoms with Crippen LogP contribution in [-0.4, -0.2) is 16.7 Å². The average Bonchev–Trinajstić information content (AvgIpc) is 3.19. The van der Waals surface area contributed by atoms with Crippen molar-refractivity contribution in [2.75, 3.05) is 6.54 Å². The summed E-state index contributed by atoms with van der Waals surface area (Å²) < 4.78 is 5.49. The van der Waals surface area contributed by atoms with E-state index in [1.165, 1.54) is 16.0 Å². The van der Waals surface area contributed by atoms with E-state index in [0.717, 1.165) is 37.3 Å². The molecule has 0 atom stereocenters. The van der Waals surface area contributed by atoms with E-state index < -0.39 is 0 Å². The molecule has 0 saturated heterocycles. The molecule has 1 N–H and O–H groups in total. The van der Waals surface area contributed by atoms with Gasteiger partial charge < -0.3 is 9.84 Å². The zero-order valence-electron chi connectivity index (χ0n) is 11.5. The van der Waals surface area contributed by atoms with Crippen molar-refractivity contribution >= 4 is 11.3 Å². The fraction of sp³-hybridized carbons (Fsp3) is 0.250. The molecule has 1 aliphatic rings. The molecule has 21 heavy (non-hydrogen) atoms. The predicted octanol–water partition coefficient (Wildman–Crippen LogP) is 3.03. The van der Waals surface area contributed by atoms with E-state index in [1.807, 2.05) is 6.07 Å². The minimum atomic E-state index is 0.639. The summed E-state index contributed by atoms with van der Waals surface area (Å²) in [6.45, 7) is 1.92. The van der Waals surface area contributed by atoms with E-state index in [9.17, 15) is 0 Å². The zero-order chi connectivity index (χ0) is 14.1. The summed E-state index contributed by atoms with van der Waals surface area (Å²) in [5.41, 5.74) is 3.75. The van der Waals surface area contributed by atoms with Crippen LogP contribution in [0.4, 0.5) is 0 Å². The highest BCUT2D eigenvalue weighted by molar-refractivity contribution is 7.09. The van der Waals surface area contributed by atoms with Gasteiger partial charge in [-0.1, -0.05) is 23.4 Å². The number of nitrogens with one attached hydrogen (secondary N) is 1. The topological polar surface area (TPSA) is 51.0 Å². The van der Waals surface area contributed by atoms with Crippen molar-refractivity contribution in [1.82, 2.24) is 15.5 Å². The lowest BCUT2D eigenvalue weighted by molar-refractivity contribution is 0.423. The van der Waals surface area contributed by atoms with Crippen LogP contribution in [0.25, 0.3) is 11.5 Å². The maximum atomic E-state index is 5.49. The number of nitrogens with zero attached hydrogens (tertiary/aromatic N) is 2. The monoisotopic (exact) mass is 297 g/mol. The van der Waals surface area contributed by atoms with Gasteiger partial charge in [-0.25, -0.2) is 0 Å². The molecular weight excluding hydrogens is 282 g/mol. The molecule has 1 aliphatic heterocycles. The van der Waals surface area contributed by atoms with Gasteiger partial charge in [0.25, 0.3) is 5.89 Å². The third kappa shape index (κ3) is 2.50. The highest BCUT2D eigenvalue weighted by atomic mass is 32.1. The van der Waals surface area contributed by atoms with Gasteiger partial charge in [0.15, 0.2) is 5.82 Å². The standard InChI is InChI=1S/C16H15N3OS/c1-3-11-10-17-7-6-13(11)14(5-1)16-18-15(19-20-16)9-12-4-2-8-21-12/h1-5,8,17H,6-7,9-10H2. The molecular formula is C16H15N3OS. The molecule has 2 aromatic heterocycles. The van der Waals surface area contributed by atoms with Gasteiger partial charge >= 0.3 is 0 Å². The number of aromatic nitrogens is 2. The second-order valence-electron chi connectivity index (χ2n) is 5.14. The number of rotatable bonds is 3. The zero-order valence-corrected chi connectivity index (χ0v) is 12.3. The van der Waals surface area contributed by atoms with Crippen LogP contribution in [0.3, 0.4) is 0 Å². The lowest BCUT2D eigenvalue weighted by atomic mass is 9.95. The Morgan fingerprint density at radius 1 is 1.24 bits per heavy atom. The normalized spacial score (nSPS) is 14.1. The van der Waals surface area contributed by atoms with E-state index >= 15 is 0 Å². The molecule has 0 bridgehead atoms. The third-order valence-corrected chi connectivity index (χ3v) is 4.63. The summed E-state index contributed by atoms with van der Waals surface area (Å²) in [7, 11) is 0. The van der Waals surface area contributed by atoms with Gasteiger partial charge in [0, 0.05) is 23.4 Å². The number of benzene rings is 1. The van der Waals surface area contributed by atoms with Gasteiger partial charge in [0.1, 0.15) is 0 Å². The molecule has 106 valence electrons. The molecule has 0 spiro atoms. The minimum Gasteiger partial charge on any atom is -0.334 e. The Hall–Kier alpha value is -1.98. The van der Waals surface area contributed by atoms with Gasteiger partial charge in [-0.05, 0) is 41.6 Å². The van der Waals surface area contributed by atoms with Crippen LogP contribution in [0.1, 0.15) is 21.8 Å². The first-order valence-corrected chi connectivity index (χ1v) is 7.95. The molecule has 4 rings (SSSR count). The van der Waals surface area contributed by atoms with Crippen molar-refractivity contribution in [3.63, 3.8) is 0 Å². The molecule has 0 amide bonds. The summed E-state index contributed by atoms with van der Waals surface area (Å²) in [6.07, 6.45) is 1.74. The molecule has 0 fully saturated rings. The van der Waals surface area contributed by atoms with E-state index in [2.05, 4.69) is 45.1 Å². The largest absolute Gasteiger partial charge is 0.334 e. The van der Waals surface area contributed by atoms with Crippen LogP contribution in [0.2, 0.25) is 0 Å². The SMILES string of the molecule is c1csc(Cc2noc(-c3cccc4c3CCNC4)n2)c1. The summed E-state index contributed by atoms with van der Waals surface area (Å²) in [5, 5.41) is 9.58. The molecule has 1 aromatic carbocycles. The van der Waals surface area contributed by atoms with Gasteiger partial charge in [-0.3, -0.25) is 0 Å². The number of hydrogen-bond donors (Lipinski definition) is 1. The minimum absolute atomic E-state index is 0.639. The van der Waals surface area contributed by atoms with Crippen molar-refractivity contribution < 1.29 is 4.52 Å². The highest BCUT2D eigenvalue weighted by Crippen LogP contribution is 2.27. The van der Waals surface area contributed by atoms with Gasteiger partial charge in [0.2, 0.25) is 0 Å². The first kappa shape index (κ1) is 12.7. The van der Waals surface area contributed by atoms with Crippen LogP contribution in [0, 0.1) is 0 Å². The van der Waals surface area contributed by atoms with Crippen LogP contribution < -0.4 is 5.32 Å². The van der Waals surface area contributed by atoms with Gasteiger partial charge in [-0.15, -0.1) is 11.3 Å². The quantitative estimate of drug-likeness (QED) is 0.807. The molecule has 4 nitrogen and oxygen atoms in total. The molecule has 3 aromatic rings. The number of thiophene rings is 1. The second-order valence-corrected chi connectivity index (χ2v) is 6.17. The summed E-state index contributed by atoms with van der Waals surface area (Å²) >= 11 is 1.72. The highest BCUT2D eigenvalue weighted by Gasteiger charge is 2.18. The van der Waals surface area contributed by atoms with Crippen molar-refractivity contribution in [3.05, 3.63) is 57.5 Å². The van der Waals surface area contributed by atoms with E-state index in [-0.39, 0.29) is 0 Å². The van der Waals surface area contributed by atoms with E-state index in [1.54, 1.807) is 11.3 Å². The molecule has 3 heterocycles. The first-order valence-electron chi connectivity index (χ1n) is 7.07. The predicted molar refractivity (Wildman–Crippen MR) is 82.3 cm³/mol. The smallest absolute Gasteiger partial charge is 0.258 e. The van der Waals surface area contributed by atoms with Crippen LogP contribution in [0.15, 0.2) is 40.2 Å². The third-order valence-electron chi connectivity index (χ3n) is 3.75. The molecule has 0 unspecified atom stereocenters. The summed E-state index contributed by atoms with van der Waals surface area (Å²) in [5.74, 6) is 1.39. The number of fused-ring (bicyclic) bond motifs is 1. The fourth-order valence-corrected chi connectivity index (χ4v) is 3.44. The Morgan fingerprint density at radius 2 is 2.24 bits per heavy atom. The van der Waals surface area contributed by atoms with Gasteiger partial charge in [-0.2, -0.15) is 4.98 Å². The van der Waals surface area contributed by atoms with Crippen LogP contribution in [0.5, 0.6) is 0 Å². The first-order chi connectivity index (χ1) is 10.4. The Labute approximate surface area is 126 Å². The molecule has 0 aliphatic carbocycles. The average molecular weight is 297 g/mol. The van der Waals surface area contributed by atoms with Crippen LogP contribution >= 0.6 is 11.3 Å². The van der Waals surface area contributed by atoms with Crippen molar-refractivity contribution in [2.24, 2.45) is 0 Å². The van der Waals surface area contributed by atoms with E-state index in [0.29, 0.717) is 5.89 Å². The summed E-state index contributed by atoms with van der Waals surface area (Å²) in [4.78, 5) is 5.82.